The van der Waals surface area contributed by atoms with Crippen molar-refractivity contribution < 1.29 is 4.79 Å². The Hall–Kier alpha value is -0.570. The Kier molecular flexibility index (Phi) is 3.48. The Morgan fingerprint density at radius 1 is 1.29 bits per heavy atom. The van der Waals surface area contributed by atoms with Crippen LogP contribution in [0, 0.1) is 10.8 Å². The van der Waals surface area contributed by atoms with E-state index in [1.807, 2.05) is 0 Å². The SMILES string of the molecule is CC1(C)CCCC1NC(=O)CC1(CN)CCC1. The highest BCUT2D eigenvalue weighted by Gasteiger charge is 2.40. The number of hydrogen-bond acceptors (Lipinski definition) is 2. The lowest BCUT2D eigenvalue weighted by molar-refractivity contribution is -0.126. The van der Waals surface area contributed by atoms with Crippen LogP contribution >= 0.6 is 0 Å². The monoisotopic (exact) mass is 238 g/mol. The molecular weight excluding hydrogens is 212 g/mol. The molecule has 0 aliphatic heterocycles. The zero-order chi connectivity index (χ0) is 12.5. The first-order chi connectivity index (χ1) is 7.97. The average Bonchev–Trinajstić information content (AvgIpc) is 2.52. The van der Waals surface area contributed by atoms with Crippen molar-refractivity contribution in [2.24, 2.45) is 16.6 Å². The molecule has 3 nitrogen and oxygen atoms in total. The van der Waals surface area contributed by atoms with Crippen molar-refractivity contribution in [1.29, 1.82) is 0 Å². The van der Waals surface area contributed by atoms with Gasteiger partial charge < -0.3 is 11.1 Å². The van der Waals surface area contributed by atoms with Gasteiger partial charge in [-0.05, 0) is 43.1 Å². The van der Waals surface area contributed by atoms with E-state index in [-0.39, 0.29) is 16.7 Å². The number of nitrogens with one attached hydrogen (secondary N) is 1. The lowest BCUT2D eigenvalue weighted by Gasteiger charge is -2.41. The summed E-state index contributed by atoms with van der Waals surface area (Å²) in [7, 11) is 0. The fourth-order valence-electron chi connectivity index (χ4n) is 3.31. The maximum atomic E-state index is 12.1. The summed E-state index contributed by atoms with van der Waals surface area (Å²) in [6.45, 7) is 5.18. The number of amides is 1. The van der Waals surface area contributed by atoms with Gasteiger partial charge in [0.05, 0.1) is 0 Å². The van der Waals surface area contributed by atoms with Gasteiger partial charge in [0.15, 0.2) is 0 Å². The lowest BCUT2D eigenvalue weighted by Crippen LogP contribution is -2.46. The second-order valence-corrected chi connectivity index (χ2v) is 6.74. The molecule has 2 saturated carbocycles. The summed E-state index contributed by atoms with van der Waals surface area (Å²) in [6, 6.07) is 0.366. The number of carbonyl (C=O) groups excluding carboxylic acids is 1. The number of nitrogens with two attached hydrogens (primary N) is 1. The van der Waals surface area contributed by atoms with Gasteiger partial charge in [-0.15, -0.1) is 0 Å². The van der Waals surface area contributed by atoms with Gasteiger partial charge in [-0.3, -0.25) is 4.79 Å². The van der Waals surface area contributed by atoms with E-state index in [9.17, 15) is 4.79 Å². The predicted octanol–water partition coefficient (Wildman–Crippen LogP) is 2.20. The van der Waals surface area contributed by atoms with Crippen LogP contribution in [-0.4, -0.2) is 18.5 Å². The van der Waals surface area contributed by atoms with E-state index < -0.39 is 0 Å². The first-order valence-electron chi connectivity index (χ1n) is 6.97. The highest BCUT2D eigenvalue weighted by molar-refractivity contribution is 5.77. The van der Waals surface area contributed by atoms with Crippen molar-refractivity contribution >= 4 is 5.91 Å². The quantitative estimate of drug-likeness (QED) is 0.789. The van der Waals surface area contributed by atoms with Gasteiger partial charge in [0, 0.05) is 12.5 Å². The van der Waals surface area contributed by atoms with Gasteiger partial charge >= 0.3 is 0 Å². The summed E-state index contributed by atoms with van der Waals surface area (Å²) < 4.78 is 0. The minimum absolute atomic E-state index is 0.132. The van der Waals surface area contributed by atoms with Crippen molar-refractivity contribution in [2.75, 3.05) is 6.54 Å². The molecular formula is C14H26N2O. The van der Waals surface area contributed by atoms with E-state index in [2.05, 4.69) is 19.2 Å². The van der Waals surface area contributed by atoms with Crippen LogP contribution < -0.4 is 11.1 Å². The molecule has 0 heterocycles. The molecule has 3 N–H and O–H groups in total. The molecule has 2 rings (SSSR count). The largest absolute Gasteiger partial charge is 0.353 e. The van der Waals surface area contributed by atoms with Gasteiger partial charge in [0.25, 0.3) is 0 Å². The van der Waals surface area contributed by atoms with Crippen molar-refractivity contribution in [1.82, 2.24) is 5.32 Å². The number of carbonyl (C=O) groups is 1. The fourth-order valence-corrected chi connectivity index (χ4v) is 3.31. The van der Waals surface area contributed by atoms with Crippen LogP contribution in [0.5, 0.6) is 0 Å². The van der Waals surface area contributed by atoms with Crippen LogP contribution in [0.15, 0.2) is 0 Å². The van der Waals surface area contributed by atoms with E-state index in [0.29, 0.717) is 19.0 Å². The molecule has 2 aliphatic rings. The van der Waals surface area contributed by atoms with Crippen LogP contribution in [-0.2, 0) is 4.79 Å². The van der Waals surface area contributed by atoms with Crippen molar-refractivity contribution in [3.8, 4) is 0 Å². The molecule has 98 valence electrons. The summed E-state index contributed by atoms with van der Waals surface area (Å²) in [5.74, 6) is 0.218. The van der Waals surface area contributed by atoms with Crippen LogP contribution in [0.25, 0.3) is 0 Å². The minimum Gasteiger partial charge on any atom is -0.353 e. The van der Waals surface area contributed by atoms with Crippen molar-refractivity contribution in [2.45, 2.75) is 64.8 Å². The molecule has 1 amide bonds. The average molecular weight is 238 g/mol. The van der Waals surface area contributed by atoms with Gasteiger partial charge in [-0.25, -0.2) is 0 Å². The van der Waals surface area contributed by atoms with Gasteiger partial charge in [0.2, 0.25) is 5.91 Å². The standard InChI is InChI=1S/C14H26N2O/c1-13(2)6-3-5-11(13)16-12(17)9-14(10-15)7-4-8-14/h11H,3-10,15H2,1-2H3,(H,16,17). The molecule has 3 heteroatoms. The molecule has 0 aromatic rings. The maximum absolute atomic E-state index is 12.1. The Labute approximate surface area is 105 Å². The van der Waals surface area contributed by atoms with E-state index >= 15 is 0 Å². The highest BCUT2D eigenvalue weighted by atomic mass is 16.1. The third-order valence-corrected chi connectivity index (χ3v) is 4.98. The maximum Gasteiger partial charge on any atom is 0.220 e. The van der Waals surface area contributed by atoms with Gasteiger partial charge in [-0.1, -0.05) is 26.7 Å². The van der Waals surface area contributed by atoms with E-state index in [4.69, 9.17) is 5.73 Å². The molecule has 2 aliphatic carbocycles. The van der Waals surface area contributed by atoms with Gasteiger partial charge in [-0.2, -0.15) is 0 Å². The second-order valence-electron chi connectivity index (χ2n) is 6.74. The van der Waals surface area contributed by atoms with Crippen molar-refractivity contribution in [3.63, 3.8) is 0 Å². The van der Waals surface area contributed by atoms with E-state index in [1.165, 1.54) is 19.3 Å². The Balaban J connectivity index is 1.85. The summed E-state index contributed by atoms with van der Waals surface area (Å²) in [5.41, 5.74) is 6.20. The van der Waals surface area contributed by atoms with Crippen LogP contribution in [0.2, 0.25) is 0 Å². The van der Waals surface area contributed by atoms with Crippen LogP contribution in [0.3, 0.4) is 0 Å². The summed E-state index contributed by atoms with van der Waals surface area (Å²) >= 11 is 0. The molecule has 0 spiro atoms. The van der Waals surface area contributed by atoms with Gasteiger partial charge in [0.1, 0.15) is 0 Å². The number of rotatable bonds is 4. The second kappa shape index (κ2) is 4.60. The molecule has 2 fully saturated rings. The predicted molar refractivity (Wildman–Crippen MR) is 69.5 cm³/mol. The third kappa shape index (κ3) is 2.65. The molecule has 0 saturated heterocycles. The Morgan fingerprint density at radius 3 is 2.41 bits per heavy atom. The molecule has 0 aromatic carbocycles. The Morgan fingerprint density at radius 2 is 2.00 bits per heavy atom. The number of hydrogen-bond donors (Lipinski definition) is 2. The zero-order valence-electron chi connectivity index (χ0n) is 11.2. The zero-order valence-corrected chi connectivity index (χ0v) is 11.2. The molecule has 0 radical (unpaired) electrons. The molecule has 17 heavy (non-hydrogen) atoms. The smallest absolute Gasteiger partial charge is 0.220 e. The van der Waals surface area contributed by atoms with Crippen LogP contribution in [0.4, 0.5) is 0 Å². The van der Waals surface area contributed by atoms with E-state index in [1.54, 1.807) is 0 Å². The first kappa shape index (κ1) is 12.9. The highest BCUT2D eigenvalue weighted by Crippen LogP contribution is 2.43. The summed E-state index contributed by atoms with van der Waals surface area (Å²) in [6.07, 6.45) is 7.72. The molecule has 1 atom stereocenters. The van der Waals surface area contributed by atoms with Crippen molar-refractivity contribution in [3.05, 3.63) is 0 Å². The summed E-state index contributed by atoms with van der Waals surface area (Å²) in [4.78, 5) is 12.1. The topological polar surface area (TPSA) is 55.1 Å². The normalized spacial score (nSPS) is 29.7. The third-order valence-electron chi connectivity index (χ3n) is 4.98. The minimum atomic E-state index is 0.132. The molecule has 0 aromatic heterocycles. The van der Waals surface area contributed by atoms with E-state index in [0.717, 1.165) is 19.3 Å². The summed E-state index contributed by atoms with van der Waals surface area (Å²) in [5, 5.41) is 3.23. The fraction of sp³-hybridized carbons (Fsp3) is 0.929. The molecule has 1 unspecified atom stereocenters. The first-order valence-corrected chi connectivity index (χ1v) is 6.97. The van der Waals surface area contributed by atoms with Crippen LogP contribution in [0.1, 0.15) is 58.8 Å². The lowest BCUT2D eigenvalue weighted by atomic mass is 9.66. The molecule has 0 bridgehead atoms. The Bertz CT molecular complexity index is 289.